The number of carbonyl (C=O) groups excluding carboxylic acids is 1. The summed E-state index contributed by atoms with van der Waals surface area (Å²) in [5.74, 6) is 0.184. The fourth-order valence-electron chi connectivity index (χ4n) is 3.82. The number of hydrogen-bond donors (Lipinski definition) is 2. The quantitative estimate of drug-likeness (QED) is 0.729. The molecule has 7 heteroatoms. The van der Waals surface area contributed by atoms with Crippen molar-refractivity contribution in [2.45, 2.75) is 32.9 Å². The number of amides is 1. The van der Waals surface area contributed by atoms with Gasteiger partial charge in [0.15, 0.2) is 0 Å². The number of hydrogen-bond acceptors (Lipinski definition) is 4. The third-order valence-corrected chi connectivity index (χ3v) is 5.90. The summed E-state index contributed by atoms with van der Waals surface area (Å²) in [6, 6.07) is 15.3. The molecule has 1 unspecified atom stereocenters. The highest BCUT2D eigenvalue weighted by Crippen LogP contribution is 2.23. The molecule has 1 atom stereocenters. The van der Waals surface area contributed by atoms with Gasteiger partial charge in [-0.2, -0.15) is 0 Å². The number of anilines is 1. The second-order valence-corrected chi connectivity index (χ2v) is 9.71. The van der Waals surface area contributed by atoms with Crippen LogP contribution in [0, 0.1) is 5.92 Å². The molecule has 1 aliphatic heterocycles. The van der Waals surface area contributed by atoms with Gasteiger partial charge in [-0.3, -0.25) is 14.4 Å². The molecule has 6 nitrogen and oxygen atoms in total. The number of fused-ring (bicyclic) bond motifs is 1. The van der Waals surface area contributed by atoms with E-state index in [9.17, 15) is 13.2 Å². The molecule has 0 spiro atoms. The van der Waals surface area contributed by atoms with E-state index in [0.29, 0.717) is 23.7 Å². The molecule has 1 heterocycles. The zero-order chi connectivity index (χ0) is 21.0. The van der Waals surface area contributed by atoms with Gasteiger partial charge in [-0.05, 0) is 41.7 Å². The number of nitrogens with zero attached hydrogens (tertiary/aromatic N) is 1. The van der Waals surface area contributed by atoms with E-state index >= 15 is 0 Å². The van der Waals surface area contributed by atoms with Gasteiger partial charge in [-0.1, -0.05) is 44.2 Å². The number of nitrogens with one attached hydrogen (secondary N) is 2. The first kappa shape index (κ1) is 21.3. The van der Waals surface area contributed by atoms with Crippen molar-refractivity contribution in [3.05, 3.63) is 65.2 Å². The molecule has 2 N–H and O–H groups in total. The van der Waals surface area contributed by atoms with E-state index in [2.05, 4.69) is 53.1 Å². The van der Waals surface area contributed by atoms with Crippen LogP contribution in [0.15, 0.2) is 48.5 Å². The maximum Gasteiger partial charge on any atom is 0.251 e. The Balaban J connectivity index is 1.65. The van der Waals surface area contributed by atoms with Crippen LogP contribution in [-0.2, 0) is 23.0 Å². The maximum absolute atomic E-state index is 12.7. The number of rotatable bonds is 7. The van der Waals surface area contributed by atoms with Crippen LogP contribution in [0.25, 0.3) is 0 Å². The van der Waals surface area contributed by atoms with Gasteiger partial charge in [0.25, 0.3) is 5.91 Å². The van der Waals surface area contributed by atoms with Gasteiger partial charge in [0, 0.05) is 36.9 Å². The summed E-state index contributed by atoms with van der Waals surface area (Å²) >= 11 is 0. The summed E-state index contributed by atoms with van der Waals surface area (Å²) < 4.78 is 25.2. The van der Waals surface area contributed by atoms with E-state index in [1.165, 1.54) is 11.1 Å². The minimum absolute atomic E-state index is 0.204. The SMILES string of the molecule is CC(C)C(CNC(=O)c1cccc(NS(C)(=O)=O)c1)N1CCc2ccccc2C1. The van der Waals surface area contributed by atoms with Crippen LogP contribution in [0.2, 0.25) is 0 Å². The molecule has 0 bridgehead atoms. The molecule has 0 saturated heterocycles. The van der Waals surface area contributed by atoms with Crippen molar-refractivity contribution in [3.8, 4) is 0 Å². The summed E-state index contributed by atoms with van der Waals surface area (Å²) in [5, 5.41) is 3.03. The second kappa shape index (κ2) is 8.97. The molecule has 2 aromatic rings. The minimum atomic E-state index is -3.38. The average Bonchev–Trinajstić information content (AvgIpc) is 2.66. The lowest BCUT2D eigenvalue weighted by Crippen LogP contribution is -2.48. The highest BCUT2D eigenvalue weighted by molar-refractivity contribution is 7.92. The molecule has 0 aliphatic carbocycles. The summed E-state index contributed by atoms with van der Waals surface area (Å²) in [7, 11) is -3.38. The van der Waals surface area contributed by atoms with Crippen molar-refractivity contribution in [2.24, 2.45) is 5.92 Å². The molecule has 2 aromatic carbocycles. The Morgan fingerprint density at radius 2 is 1.83 bits per heavy atom. The molecule has 0 fully saturated rings. The van der Waals surface area contributed by atoms with Crippen LogP contribution in [0.4, 0.5) is 5.69 Å². The van der Waals surface area contributed by atoms with Gasteiger partial charge < -0.3 is 5.32 Å². The molecule has 1 amide bonds. The van der Waals surface area contributed by atoms with Gasteiger partial charge in [0.1, 0.15) is 0 Å². The Morgan fingerprint density at radius 1 is 1.10 bits per heavy atom. The van der Waals surface area contributed by atoms with Crippen molar-refractivity contribution in [3.63, 3.8) is 0 Å². The van der Waals surface area contributed by atoms with Crippen LogP contribution in [0.1, 0.15) is 35.3 Å². The Labute approximate surface area is 173 Å². The molecule has 29 heavy (non-hydrogen) atoms. The lowest BCUT2D eigenvalue weighted by molar-refractivity contribution is 0.0904. The molecular formula is C22H29N3O3S. The van der Waals surface area contributed by atoms with E-state index in [0.717, 1.165) is 25.8 Å². The number of benzene rings is 2. The molecule has 0 radical (unpaired) electrons. The predicted octanol–water partition coefficient (Wildman–Crippen LogP) is 2.87. The van der Waals surface area contributed by atoms with Crippen molar-refractivity contribution in [1.29, 1.82) is 0 Å². The lowest BCUT2D eigenvalue weighted by Gasteiger charge is -2.38. The maximum atomic E-state index is 12.7. The van der Waals surface area contributed by atoms with Crippen LogP contribution >= 0.6 is 0 Å². The van der Waals surface area contributed by atoms with Gasteiger partial charge >= 0.3 is 0 Å². The van der Waals surface area contributed by atoms with Crippen LogP contribution < -0.4 is 10.0 Å². The monoisotopic (exact) mass is 415 g/mol. The Kier molecular flexibility index (Phi) is 6.59. The predicted molar refractivity (Wildman–Crippen MR) is 116 cm³/mol. The largest absolute Gasteiger partial charge is 0.350 e. The summed E-state index contributed by atoms with van der Waals surface area (Å²) in [6.07, 6.45) is 2.11. The topological polar surface area (TPSA) is 78.5 Å². The highest BCUT2D eigenvalue weighted by atomic mass is 32.2. The van der Waals surface area contributed by atoms with Crippen molar-refractivity contribution in [2.75, 3.05) is 24.1 Å². The third-order valence-electron chi connectivity index (χ3n) is 5.30. The third kappa shape index (κ3) is 5.81. The second-order valence-electron chi connectivity index (χ2n) is 7.97. The fourth-order valence-corrected chi connectivity index (χ4v) is 4.38. The minimum Gasteiger partial charge on any atom is -0.350 e. The molecular weight excluding hydrogens is 386 g/mol. The van der Waals surface area contributed by atoms with Gasteiger partial charge in [0.05, 0.1) is 6.26 Å². The average molecular weight is 416 g/mol. The number of sulfonamides is 1. The first-order valence-corrected chi connectivity index (χ1v) is 11.8. The summed E-state index contributed by atoms with van der Waals surface area (Å²) in [5.41, 5.74) is 3.58. The van der Waals surface area contributed by atoms with E-state index in [4.69, 9.17) is 0 Å². The molecule has 0 aromatic heterocycles. The van der Waals surface area contributed by atoms with Crippen molar-refractivity contribution in [1.82, 2.24) is 10.2 Å². The van der Waals surface area contributed by atoms with E-state index in [-0.39, 0.29) is 11.9 Å². The van der Waals surface area contributed by atoms with Crippen molar-refractivity contribution < 1.29 is 13.2 Å². The smallest absolute Gasteiger partial charge is 0.251 e. The van der Waals surface area contributed by atoms with Gasteiger partial charge in [0.2, 0.25) is 10.0 Å². The molecule has 156 valence electrons. The first-order chi connectivity index (χ1) is 13.7. The van der Waals surface area contributed by atoms with E-state index in [1.54, 1.807) is 24.3 Å². The lowest BCUT2D eigenvalue weighted by atomic mass is 9.95. The highest BCUT2D eigenvalue weighted by Gasteiger charge is 2.26. The van der Waals surface area contributed by atoms with Crippen molar-refractivity contribution >= 4 is 21.6 Å². The van der Waals surface area contributed by atoms with Crippen LogP contribution in [0.5, 0.6) is 0 Å². The Morgan fingerprint density at radius 3 is 2.52 bits per heavy atom. The van der Waals surface area contributed by atoms with Gasteiger partial charge in [-0.25, -0.2) is 8.42 Å². The van der Waals surface area contributed by atoms with E-state index in [1.807, 2.05) is 0 Å². The molecule has 1 aliphatic rings. The number of carbonyl (C=O) groups is 1. The van der Waals surface area contributed by atoms with E-state index < -0.39 is 10.0 Å². The standard InChI is InChI=1S/C22H29N3O3S/c1-16(2)21(25-12-11-17-7-4-5-8-19(17)15-25)14-23-22(26)18-9-6-10-20(13-18)24-29(3,27)28/h4-10,13,16,21,24H,11-12,14-15H2,1-3H3,(H,23,26). The zero-order valence-corrected chi connectivity index (χ0v) is 18.0. The molecule has 3 rings (SSSR count). The normalized spacial score (nSPS) is 15.6. The fraction of sp³-hybridized carbons (Fsp3) is 0.409. The Hall–Kier alpha value is -2.38. The molecule has 0 saturated carbocycles. The van der Waals surface area contributed by atoms with Crippen LogP contribution in [0.3, 0.4) is 0 Å². The Bertz CT molecular complexity index is 973. The van der Waals surface area contributed by atoms with Crippen LogP contribution in [-0.4, -0.2) is 44.6 Å². The zero-order valence-electron chi connectivity index (χ0n) is 17.2. The summed E-state index contributed by atoms with van der Waals surface area (Å²) in [4.78, 5) is 15.1. The van der Waals surface area contributed by atoms with Gasteiger partial charge in [-0.15, -0.1) is 0 Å². The first-order valence-electron chi connectivity index (χ1n) is 9.90. The summed E-state index contributed by atoms with van der Waals surface area (Å²) in [6.45, 7) is 6.76.